The normalized spacial score (nSPS) is 11.5. The Balaban J connectivity index is 1.84. The Morgan fingerprint density at radius 3 is 2.34 bits per heavy atom. The maximum absolute atomic E-state index is 12.5. The molecule has 3 aromatic rings. The molecule has 0 fully saturated rings. The number of imidazole rings is 1. The lowest BCUT2D eigenvalue weighted by Crippen LogP contribution is -2.39. The lowest BCUT2D eigenvalue weighted by molar-refractivity contribution is -0.130. The van der Waals surface area contributed by atoms with Gasteiger partial charge in [-0.05, 0) is 50.5 Å². The minimum atomic E-state index is -0.546. The first-order valence-corrected chi connectivity index (χ1v) is 10.8. The molecule has 7 nitrogen and oxygen atoms in total. The van der Waals surface area contributed by atoms with Crippen LogP contribution in [0.1, 0.15) is 48.8 Å². The van der Waals surface area contributed by atoms with Crippen molar-refractivity contribution in [2.24, 2.45) is 5.41 Å². The van der Waals surface area contributed by atoms with E-state index in [9.17, 15) is 9.59 Å². The van der Waals surface area contributed by atoms with Crippen molar-refractivity contribution in [3.63, 3.8) is 0 Å². The van der Waals surface area contributed by atoms with E-state index in [2.05, 4.69) is 48.0 Å². The van der Waals surface area contributed by atoms with Crippen molar-refractivity contribution in [1.82, 2.24) is 14.7 Å². The topological polar surface area (TPSA) is 87.5 Å². The van der Waals surface area contributed by atoms with E-state index in [1.807, 2.05) is 51.3 Å². The highest BCUT2D eigenvalue weighted by Gasteiger charge is 2.21. The summed E-state index contributed by atoms with van der Waals surface area (Å²) in [6, 6.07) is 8.15. The molecule has 170 valence electrons. The van der Waals surface area contributed by atoms with Gasteiger partial charge in [-0.25, -0.2) is 4.98 Å². The lowest BCUT2D eigenvalue weighted by atomic mass is 9.96. The Morgan fingerprint density at radius 1 is 1.06 bits per heavy atom. The number of nitrogens with zero attached hydrogens (tertiary/aromatic N) is 2. The summed E-state index contributed by atoms with van der Waals surface area (Å²) < 4.78 is 1.98. The smallest absolute Gasteiger partial charge is 0.243 e. The third kappa shape index (κ3) is 5.10. The molecule has 7 heteroatoms. The fourth-order valence-corrected chi connectivity index (χ4v) is 3.51. The minimum absolute atomic E-state index is 0.0821. The molecule has 0 spiro atoms. The molecule has 0 atom stereocenters. The molecule has 3 N–H and O–H groups in total. The van der Waals surface area contributed by atoms with Gasteiger partial charge in [0, 0.05) is 23.9 Å². The predicted molar refractivity (Wildman–Crippen MR) is 129 cm³/mol. The third-order valence-electron chi connectivity index (χ3n) is 5.67. The van der Waals surface area contributed by atoms with Gasteiger partial charge < -0.3 is 20.4 Å². The van der Waals surface area contributed by atoms with Gasteiger partial charge in [-0.1, -0.05) is 39.0 Å². The van der Waals surface area contributed by atoms with Crippen LogP contribution < -0.4 is 16.0 Å². The molecule has 3 rings (SSSR count). The number of rotatable bonds is 6. The van der Waals surface area contributed by atoms with Crippen molar-refractivity contribution < 1.29 is 9.59 Å². The third-order valence-corrected chi connectivity index (χ3v) is 5.67. The predicted octanol–water partition coefficient (Wildman–Crippen LogP) is 4.28. The zero-order chi connectivity index (χ0) is 23.6. The van der Waals surface area contributed by atoms with E-state index in [0.29, 0.717) is 12.2 Å². The number of fused-ring (bicyclic) bond motifs is 1. The Labute approximate surface area is 189 Å². The van der Waals surface area contributed by atoms with Gasteiger partial charge in [0.05, 0.1) is 23.6 Å². The minimum Gasteiger partial charge on any atom is -0.378 e. The highest BCUT2D eigenvalue weighted by Crippen LogP contribution is 2.26. The molecule has 2 aromatic heterocycles. The summed E-state index contributed by atoms with van der Waals surface area (Å²) in [4.78, 5) is 29.2. The van der Waals surface area contributed by atoms with Crippen molar-refractivity contribution in [2.45, 2.75) is 55.0 Å². The molecular formula is C25H33N5O2. The average Bonchev–Trinajstić information content (AvgIpc) is 2.99. The fraction of sp³-hybridized carbons (Fsp3) is 0.400. The number of hydrogen-bond acceptors (Lipinski definition) is 4. The van der Waals surface area contributed by atoms with Crippen LogP contribution in [0.15, 0.2) is 30.5 Å². The van der Waals surface area contributed by atoms with Crippen LogP contribution in [0.2, 0.25) is 0 Å². The number of amides is 2. The Morgan fingerprint density at radius 2 is 1.72 bits per heavy atom. The van der Waals surface area contributed by atoms with Crippen LogP contribution in [0, 0.1) is 33.1 Å². The molecule has 1 aromatic carbocycles. The van der Waals surface area contributed by atoms with Crippen molar-refractivity contribution in [1.29, 1.82) is 0 Å². The first kappa shape index (κ1) is 23.3. The number of benzene rings is 1. The number of aryl methyl sites for hydroxylation is 4. The number of anilines is 2. The highest BCUT2D eigenvalue weighted by atomic mass is 16.2. The summed E-state index contributed by atoms with van der Waals surface area (Å²) in [5, 5.41) is 9.09. The highest BCUT2D eigenvalue weighted by molar-refractivity contribution is 5.96. The van der Waals surface area contributed by atoms with Crippen LogP contribution in [0.4, 0.5) is 11.4 Å². The number of carbonyl (C=O) groups excluding carboxylic acids is 2. The molecule has 0 aliphatic heterocycles. The maximum atomic E-state index is 12.5. The van der Waals surface area contributed by atoms with Gasteiger partial charge >= 0.3 is 0 Å². The average molecular weight is 436 g/mol. The molecule has 2 heterocycles. The molecule has 32 heavy (non-hydrogen) atoms. The summed E-state index contributed by atoms with van der Waals surface area (Å²) in [7, 11) is 0. The van der Waals surface area contributed by atoms with E-state index in [0.717, 1.165) is 22.7 Å². The maximum Gasteiger partial charge on any atom is 0.243 e. The molecule has 0 aliphatic rings. The fourth-order valence-electron chi connectivity index (χ4n) is 3.51. The van der Waals surface area contributed by atoms with Crippen LogP contribution >= 0.6 is 0 Å². The van der Waals surface area contributed by atoms with E-state index in [1.165, 1.54) is 16.7 Å². The van der Waals surface area contributed by atoms with Crippen molar-refractivity contribution in [2.75, 3.05) is 17.2 Å². The summed E-state index contributed by atoms with van der Waals surface area (Å²) in [6.45, 7) is 14.2. The summed E-state index contributed by atoms with van der Waals surface area (Å²) in [5.74, 6) is -0.447. The molecule has 0 aliphatic carbocycles. The largest absolute Gasteiger partial charge is 0.378 e. The molecule has 0 saturated heterocycles. The second-order valence-electron chi connectivity index (χ2n) is 9.32. The van der Waals surface area contributed by atoms with Crippen LogP contribution in [-0.4, -0.2) is 27.7 Å². The van der Waals surface area contributed by atoms with E-state index in [-0.39, 0.29) is 18.4 Å². The van der Waals surface area contributed by atoms with Crippen molar-refractivity contribution in [3.05, 3.63) is 58.5 Å². The number of nitrogens with one attached hydrogen (secondary N) is 3. The van der Waals surface area contributed by atoms with E-state index in [1.54, 1.807) is 0 Å². The van der Waals surface area contributed by atoms with E-state index >= 15 is 0 Å². The van der Waals surface area contributed by atoms with Crippen LogP contribution in [-0.2, 0) is 16.1 Å². The molecule has 0 radical (unpaired) electrons. The zero-order valence-corrected chi connectivity index (χ0v) is 20.0. The Hall–Kier alpha value is -3.35. The van der Waals surface area contributed by atoms with E-state index < -0.39 is 5.41 Å². The van der Waals surface area contributed by atoms with Crippen LogP contribution in [0.25, 0.3) is 5.65 Å². The van der Waals surface area contributed by atoms with Crippen molar-refractivity contribution in [3.8, 4) is 0 Å². The van der Waals surface area contributed by atoms with E-state index in [4.69, 9.17) is 4.98 Å². The second-order valence-corrected chi connectivity index (χ2v) is 9.32. The Bertz CT molecular complexity index is 1150. The monoisotopic (exact) mass is 435 g/mol. The zero-order valence-electron chi connectivity index (χ0n) is 20.0. The lowest BCUT2D eigenvalue weighted by Gasteiger charge is -2.17. The number of carbonyl (C=O) groups is 2. The molecule has 0 bridgehead atoms. The summed E-state index contributed by atoms with van der Waals surface area (Å²) >= 11 is 0. The number of aromatic nitrogens is 2. The molecule has 2 amide bonds. The Kier molecular flexibility index (Phi) is 6.57. The van der Waals surface area contributed by atoms with Gasteiger partial charge in [0.1, 0.15) is 0 Å². The van der Waals surface area contributed by atoms with Crippen LogP contribution in [0.3, 0.4) is 0 Å². The number of pyridine rings is 1. The first-order valence-electron chi connectivity index (χ1n) is 10.8. The summed E-state index contributed by atoms with van der Waals surface area (Å²) in [5.41, 5.74) is 7.36. The van der Waals surface area contributed by atoms with Gasteiger partial charge in [-0.2, -0.15) is 0 Å². The van der Waals surface area contributed by atoms with Gasteiger partial charge in [-0.15, -0.1) is 0 Å². The van der Waals surface area contributed by atoms with Crippen molar-refractivity contribution >= 4 is 28.8 Å². The van der Waals surface area contributed by atoms with Gasteiger partial charge in [0.15, 0.2) is 5.65 Å². The molecular weight excluding hydrogens is 402 g/mol. The summed E-state index contributed by atoms with van der Waals surface area (Å²) in [6.07, 6.45) is 1.86. The number of hydrogen-bond donors (Lipinski definition) is 3. The quantitative estimate of drug-likeness (QED) is 0.539. The van der Waals surface area contributed by atoms with Crippen LogP contribution in [0.5, 0.6) is 0 Å². The van der Waals surface area contributed by atoms with Gasteiger partial charge in [-0.3, -0.25) is 9.59 Å². The molecule has 0 saturated carbocycles. The van der Waals surface area contributed by atoms with Gasteiger partial charge in [0.25, 0.3) is 0 Å². The SMILES string of the molecule is Cc1cccc(C)c1CNc1cc(NC(=O)CNC(=O)C(C)(C)C)cn2c(C)c(C)nc12. The second kappa shape index (κ2) is 9.02. The van der Waals surface area contributed by atoms with Gasteiger partial charge in [0.2, 0.25) is 11.8 Å². The molecule has 0 unspecified atom stereocenters. The first-order chi connectivity index (χ1) is 15.0. The standard InChI is InChI=1S/C25H33N5O2/c1-15-9-8-10-16(2)20(15)12-26-21-11-19(14-30-18(4)17(3)28-23(21)30)29-22(31)13-27-24(32)25(5,6)7/h8-11,14,26H,12-13H2,1-7H3,(H,27,32)(H,29,31).